The van der Waals surface area contributed by atoms with E-state index in [0.717, 1.165) is 6.92 Å². The average Bonchev–Trinajstić information content (AvgIpc) is 1.78. The largest absolute Gasteiger partial charge is 0.343 e. The van der Waals surface area contributed by atoms with Gasteiger partial charge < -0.3 is 15.3 Å². The first-order chi connectivity index (χ1) is 5.13. The van der Waals surface area contributed by atoms with Crippen LogP contribution < -0.4 is 5.32 Å². The van der Waals surface area contributed by atoms with Crippen LogP contribution >= 0.6 is 0 Å². The van der Waals surface area contributed by atoms with Crippen LogP contribution in [-0.4, -0.2) is 46.2 Å². The van der Waals surface area contributed by atoms with E-state index in [1.165, 1.54) is 0 Å². The minimum Gasteiger partial charge on any atom is -0.343 e. The van der Waals surface area contributed by atoms with Crippen LogP contribution in [0.25, 0.3) is 0 Å². The van der Waals surface area contributed by atoms with Gasteiger partial charge in [0.25, 0.3) is 16.1 Å². The Morgan fingerprint density at radius 1 is 1.42 bits per heavy atom. The SMILES string of the molecule is CC(NCC(O)(O)O)S(=O)(=O)O. The van der Waals surface area contributed by atoms with Gasteiger partial charge in [0.1, 0.15) is 5.37 Å². The standard InChI is InChI=1S/C4H11NO6S/c1-3(12(9,10)11)5-2-4(6,7)8/h3,5-8H,2H2,1H3,(H,9,10,11). The molecule has 0 aromatic heterocycles. The minimum atomic E-state index is -4.27. The van der Waals surface area contributed by atoms with Gasteiger partial charge in [-0.05, 0) is 6.92 Å². The van der Waals surface area contributed by atoms with Gasteiger partial charge in [-0.3, -0.25) is 9.87 Å². The second-order valence-corrected chi connectivity index (χ2v) is 4.05. The van der Waals surface area contributed by atoms with E-state index in [1.807, 2.05) is 5.32 Å². The molecule has 74 valence electrons. The summed E-state index contributed by atoms with van der Waals surface area (Å²) in [6, 6.07) is 0. The van der Waals surface area contributed by atoms with Crippen LogP contribution in [0.2, 0.25) is 0 Å². The van der Waals surface area contributed by atoms with E-state index in [0.29, 0.717) is 0 Å². The second-order valence-electron chi connectivity index (χ2n) is 2.31. The summed E-state index contributed by atoms with van der Waals surface area (Å²) < 4.78 is 28.9. The van der Waals surface area contributed by atoms with E-state index >= 15 is 0 Å². The minimum absolute atomic E-state index is 0.784. The first kappa shape index (κ1) is 11.8. The molecule has 0 amide bonds. The molecule has 8 heteroatoms. The molecule has 0 saturated heterocycles. The molecule has 0 aliphatic rings. The summed E-state index contributed by atoms with van der Waals surface area (Å²) in [7, 11) is -4.27. The van der Waals surface area contributed by atoms with Gasteiger partial charge in [0.15, 0.2) is 0 Å². The Morgan fingerprint density at radius 2 is 1.83 bits per heavy atom. The van der Waals surface area contributed by atoms with Gasteiger partial charge in [-0.1, -0.05) is 0 Å². The Labute approximate surface area is 69.4 Å². The molecule has 12 heavy (non-hydrogen) atoms. The monoisotopic (exact) mass is 201 g/mol. The van der Waals surface area contributed by atoms with E-state index in [4.69, 9.17) is 19.9 Å². The topological polar surface area (TPSA) is 127 Å². The number of nitrogens with one attached hydrogen (secondary N) is 1. The zero-order valence-electron chi connectivity index (χ0n) is 6.30. The van der Waals surface area contributed by atoms with Crippen molar-refractivity contribution < 1.29 is 28.3 Å². The average molecular weight is 201 g/mol. The highest BCUT2D eigenvalue weighted by Crippen LogP contribution is 1.95. The van der Waals surface area contributed by atoms with Crippen LogP contribution in [0.15, 0.2) is 0 Å². The zero-order chi connectivity index (χ0) is 9.99. The molecule has 0 aliphatic carbocycles. The Bertz CT molecular complexity index is 228. The lowest BCUT2D eigenvalue weighted by atomic mass is 10.5. The molecule has 0 rings (SSSR count). The highest BCUT2D eigenvalue weighted by Gasteiger charge is 2.23. The first-order valence-electron chi connectivity index (χ1n) is 3.00. The molecular formula is C4H11NO6S. The Hall–Kier alpha value is -0.250. The fourth-order valence-electron chi connectivity index (χ4n) is 0.386. The van der Waals surface area contributed by atoms with Gasteiger partial charge in [-0.15, -0.1) is 0 Å². The third-order valence-corrected chi connectivity index (χ3v) is 2.13. The predicted molar refractivity (Wildman–Crippen MR) is 38.4 cm³/mol. The van der Waals surface area contributed by atoms with Crippen molar-refractivity contribution >= 4 is 10.1 Å². The Kier molecular flexibility index (Phi) is 3.57. The second kappa shape index (κ2) is 3.64. The molecule has 1 atom stereocenters. The molecular weight excluding hydrogens is 190 g/mol. The lowest BCUT2D eigenvalue weighted by molar-refractivity contribution is -0.306. The maximum Gasteiger partial charge on any atom is 0.288 e. The van der Waals surface area contributed by atoms with Gasteiger partial charge in [0.2, 0.25) is 0 Å². The normalized spacial score (nSPS) is 16.1. The lowest BCUT2D eigenvalue weighted by Crippen LogP contribution is -2.45. The van der Waals surface area contributed by atoms with E-state index in [2.05, 4.69) is 0 Å². The fraction of sp³-hybridized carbons (Fsp3) is 1.00. The van der Waals surface area contributed by atoms with E-state index in [-0.39, 0.29) is 0 Å². The van der Waals surface area contributed by atoms with Crippen molar-refractivity contribution in [3.05, 3.63) is 0 Å². The highest BCUT2D eigenvalue weighted by atomic mass is 32.2. The summed E-state index contributed by atoms with van der Waals surface area (Å²) in [4.78, 5) is 0. The molecule has 5 N–H and O–H groups in total. The van der Waals surface area contributed by atoms with Gasteiger partial charge in [-0.2, -0.15) is 8.42 Å². The van der Waals surface area contributed by atoms with Gasteiger partial charge in [0, 0.05) is 0 Å². The van der Waals surface area contributed by atoms with Gasteiger partial charge in [-0.25, -0.2) is 0 Å². The Morgan fingerprint density at radius 3 is 2.08 bits per heavy atom. The summed E-state index contributed by atoms with van der Waals surface area (Å²) >= 11 is 0. The van der Waals surface area contributed by atoms with Crippen LogP contribution in [-0.2, 0) is 10.1 Å². The van der Waals surface area contributed by atoms with Crippen LogP contribution in [0.3, 0.4) is 0 Å². The molecule has 0 radical (unpaired) electrons. The molecule has 0 aliphatic heterocycles. The number of hydrogen-bond acceptors (Lipinski definition) is 6. The first-order valence-corrected chi connectivity index (χ1v) is 4.50. The fourth-order valence-corrected chi connectivity index (χ4v) is 0.680. The molecule has 7 nitrogen and oxygen atoms in total. The molecule has 0 aromatic carbocycles. The molecule has 0 spiro atoms. The van der Waals surface area contributed by atoms with Crippen molar-refractivity contribution in [2.75, 3.05) is 6.54 Å². The van der Waals surface area contributed by atoms with E-state index < -0.39 is 28.0 Å². The highest BCUT2D eigenvalue weighted by molar-refractivity contribution is 7.86. The summed E-state index contributed by atoms with van der Waals surface area (Å²) in [6.45, 7) is 0.301. The molecule has 1 unspecified atom stereocenters. The maximum absolute atomic E-state index is 10.3. The quantitative estimate of drug-likeness (QED) is 0.250. The third kappa shape index (κ3) is 5.41. The van der Waals surface area contributed by atoms with Crippen LogP contribution in [0, 0.1) is 0 Å². The predicted octanol–water partition coefficient (Wildman–Crippen LogP) is -2.56. The number of rotatable bonds is 4. The lowest BCUT2D eigenvalue weighted by Gasteiger charge is -2.17. The van der Waals surface area contributed by atoms with Crippen molar-refractivity contribution in [2.45, 2.75) is 18.3 Å². The third-order valence-electron chi connectivity index (χ3n) is 1.07. The smallest absolute Gasteiger partial charge is 0.288 e. The summed E-state index contributed by atoms with van der Waals surface area (Å²) in [5, 5.41) is 25.5. The molecule has 0 aromatic rings. The number of hydrogen-bond donors (Lipinski definition) is 5. The van der Waals surface area contributed by atoms with Crippen LogP contribution in [0.4, 0.5) is 0 Å². The van der Waals surface area contributed by atoms with Crippen molar-refractivity contribution in [2.24, 2.45) is 0 Å². The molecule has 0 fully saturated rings. The summed E-state index contributed by atoms with van der Waals surface area (Å²) in [5.41, 5.74) is 0. The molecule has 0 saturated carbocycles. The summed E-state index contributed by atoms with van der Waals surface area (Å²) in [5.74, 6) is -2.99. The van der Waals surface area contributed by atoms with Crippen molar-refractivity contribution in [3.63, 3.8) is 0 Å². The van der Waals surface area contributed by atoms with Crippen molar-refractivity contribution in [3.8, 4) is 0 Å². The Balaban J connectivity index is 3.98. The van der Waals surface area contributed by atoms with Crippen molar-refractivity contribution in [1.29, 1.82) is 0 Å². The maximum atomic E-state index is 10.3. The van der Waals surface area contributed by atoms with Gasteiger partial charge in [0.05, 0.1) is 6.54 Å². The summed E-state index contributed by atoms with van der Waals surface area (Å²) in [6.07, 6.45) is 0. The van der Waals surface area contributed by atoms with Crippen molar-refractivity contribution in [1.82, 2.24) is 5.32 Å². The molecule has 0 heterocycles. The number of aliphatic hydroxyl groups is 3. The van der Waals surface area contributed by atoms with E-state index in [1.54, 1.807) is 0 Å². The van der Waals surface area contributed by atoms with Crippen LogP contribution in [0.1, 0.15) is 6.92 Å². The van der Waals surface area contributed by atoms with Crippen LogP contribution in [0.5, 0.6) is 0 Å². The van der Waals surface area contributed by atoms with E-state index in [9.17, 15) is 8.42 Å². The zero-order valence-corrected chi connectivity index (χ0v) is 7.11. The van der Waals surface area contributed by atoms with Gasteiger partial charge >= 0.3 is 0 Å². The molecule has 0 bridgehead atoms.